The molecule has 0 bridgehead atoms. The maximum absolute atomic E-state index is 2.38. The zero-order valence-corrected chi connectivity index (χ0v) is 14.2. The molecule has 1 saturated heterocycles. The van der Waals surface area contributed by atoms with Gasteiger partial charge in [-0.1, -0.05) is 29.5 Å². The average Bonchev–Trinajstić information content (AvgIpc) is 2.86. The third kappa shape index (κ3) is 3.16. The minimum absolute atomic E-state index is 1.01. The van der Waals surface area contributed by atoms with Crippen molar-refractivity contribution in [1.82, 2.24) is 4.90 Å². The summed E-state index contributed by atoms with van der Waals surface area (Å²) < 4.78 is 3.74. The lowest BCUT2D eigenvalue weighted by atomic mass is 10.3. The Bertz CT molecular complexity index is 685. The fraction of sp³-hybridized carbons (Fsp3) is 0.353. The number of thioether (sulfide) groups is 1. The number of aryl methyl sites for hydroxylation is 1. The molecule has 110 valence electrons. The Morgan fingerprint density at radius 2 is 2.19 bits per heavy atom. The number of benzene rings is 1. The summed E-state index contributed by atoms with van der Waals surface area (Å²) in [7, 11) is 2.18. The van der Waals surface area contributed by atoms with Crippen LogP contribution in [0.3, 0.4) is 0 Å². The Labute approximate surface area is 134 Å². The van der Waals surface area contributed by atoms with Crippen LogP contribution in [0.5, 0.6) is 0 Å². The number of aromatic nitrogens is 1. The predicted molar refractivity (Wildman–Crippen MR) is 94.5 cm³/mol. The topological polar surface area (TPSA) is 7.12 Å². The highest BCUT2D eigenvalue weighted by molar-refractivity contribution is 8.03. The molecule has 1 aromatic heterocycles. The number of thiazole rings is 1. The number of hydrogen-bond acceptors (Lipinski definition) is 3. The highest BCUT2D eigenvalue weighted by Crippen LogP contribution is 2.25. The Morgan fingerprint density at radius 1 is 1.33 bits per heavy atom. The molecule has 1 fully saturated rings. The van der Waals surface area contributed by atoms with E-state index in [4.69, 9.17) is 0 Å². The van der Waals surface area contributed by atoms with E-state index in [1.54, 1.807) is 0 Å². The molecule has 0 amide bonds. The smallest absolute Gasteiger partial charge is 0.262 e. The average molecular weight is 318 g/mol. The summed E-state index contributed by atoms with van der Waals surface area (Å²) in [6.07, 6.45) is 7.97. The molecular weight excluding hydrogens is 296 g/mol. The number of fused-ring (bicyclic) bond motifs is 1. The Balaban J connectivity index is 1.87. The minimum Gasteiger partial charge on any atom is -0.369 e. The summed E-state index contributed by atoms with van der Waals surface area (Å²) in [6.45, 7) is 4.39. The van der Waals surface area contributed by atoms with E-state index in [-0.39, 0.29) is 0 Å². The van der Waals surface area contributed by atoms with Crippen LogP contribution in [0.4, 0.5) is 0 Å². The molecule has 0 aliphatic carbocycles. The van der Waals surface area contributed by atoms with E-state index in [9.17, 15) is 0 Å². The molecule has 0 atom stereocenters. The molecule has 2 nitrogen and oxygen atoms in total. The van der Waals surface area contributed by atoms with Gasteiger partial charge in [0.1, 0.15) is 11.2 Å². The van der Waals surface area contributed by atoms with Crippen LogP contribution < -0.4 is 4.57 Å². The van der Waals surface area contributed by atoms with Gasteiger partial charge in [-0.15, -0.1) is 11.8 Å². The van der Waals surface area contributed by atoms with Gasteiger partial charge in [0.05, 0.1) is 5.03 Å². The van der Waals surface area contributed by atoms with Gasteiger partial charge in [0.15, 0.2) is 0 Å². The number of nitrogens with zero attached hydrogens (tertiary/aromatic N) is 2. The zero-order valence-electron chi connectivity index (χ0n) is 12.6. The first-order chi connectivity index (χ1) is 10.3. The molecule has 0 N–H and O–H groups in total. The maximum Gasteiger partial charge on any atom is 0.262 e. The lowest BCUT2D eigenvalue weighted by Crippen LogP contribution is -2.33. The van der Waals surface area contributed by atoms with E-state index in [1.165, 1.54) is 39.0 Å². The molecule has 2 heterocycles. The molecule has 0 spiro atoms. The normalized spacial score (nSPS) is 18.2. The SMILES string of the molecule is CC[n+]1c(C=CC=C2SCCCN2C)sc2ccccc21. The van der Waals surface area contributed by atoms with Crippen molar-refractivity contribution in [2.75, 3.05) is 19.3 Å². The summed E-state index contributed by atoms with van der Waals surface area (Å²) >= 11 is 3.82. The van der Waals surface area contributed by atoms with Crippen molar-refractivity contribution < 1.29 is 4.57 Å². The van der Waals surface area contributed by atoms with E-state index >= 15 is 0 Å². The molecule has 0 saturated carbocycles. The molecule has 0 radical (unpaired) electrons. The van der Waals surface area contributed by atoms with Gasteiger partial charge >= 0.3 is 0 Å². The van der Waals surface area contributed by atoms with Crippen LogP contribution >= 0.6 is 23.1 Å². The first kappa shape index (κ1) is 14.7. The first-order valence-corrected chi connectivity index (χ1v) is 9.23. The first-order valence-electron chi connectivity index (χ1n) is 7.43. The molecular formula is C17H21N2S2+. The molecule has 1 aromatic carbocycles. The standard InChI is InChI=1S/C17H21N2S2/c1-3-19-14-8-4-5-9-15(14)21-17(19)11-6-10-16-18(2)12-7-13-20-16/h4-6,8-11H,3,7,12-13H2,1-2H3/q+1. The second kappa shape index (κ2) is 6.67. The number of hydrogen-bond donors (Lipinski definition) is 0. The van der Waals surface area contributed by atoms with Crippen molar-refractivity contribution in [3.05, 3.63) is 46.5 Å². The summed E-state index contributed by atoms with van der Waals surface area (Å²) in [6, 6.07) is 8.63. The highest BCUT2D eigenvalue weighted by atomic mass is 32.2. The van der Waals surface area contributed by atoms with E-state index in [0.717, 1.165) is 6.54 Å². The van der Waals surface area contributed by atoms with Crippen molar-refractivity contribution in [3.8, 4) is 0 Å². The van der Waals surface area contributed by atoms with Crippen LogP contribution in [-0.4, -0.2) is 24.2 Å². The van der Waals surface area contributed by atoms with E-state index < -0.39 is 0 Å². The fourth-order valence-corrected chi connectivity index (χ4v) is 4.70. The molecule has 2 aromatic rings. The van der Waals surface area contributed by atoms with Gasteiger partial charge in [-0.3, -0.25) is 0 Å². The van der Waals surface area contributed by atoms with E-state index in [0.29, 0.717) is 0 Å². The molecule has 21 heavy (non-hydrogen) atoms. The van der Waals surface area contributed by atoms with Crippen molar-refractivity contribution in [3.63, 3.8) is 0 Å². The Kier molecular flexibility index (Phi) is 4.66. The fourth-order valence-electron chi connectivity index (χ4n) is 2.59. The lowest BCUT2D eigenvalue weighted by Gasteiger charge is -2.26. The maximum atomic E-state index is 2.38. The van der Waals surface area contributed by atoms with Gasteiger partial charge in [-0.05, 0) is 25.5 Å². The Morgan fingerprint density at radius 3 is 3.00 bits per heavy atom. The minimum atomic E-state index is 1.01. The molecule has 3 rings (SSSR count). The summed E-state index contributed by atoms with van der Waals surface area (Å²) in [5, 5.41) is 2.70. The van der Waals surface area contributed by atoms with Gasteiger partial charge in [-0.25, -0.2) is 0 Å². The van der Waals surface area contributed by atoms with Crippen molar-refractivity contribution in [2.45, 2.75) is 19.9 Å². The molecule has 1 aliphatic heterocycles. The van der Waals surface area contributed by atoms with Gasteiger partial charge in [0, 0.05) is 31.5 Å². The predicted octanol–water partition coefficient (Wildman–Crippen LogP) is 4.13. The zero-order chi connectivity index (χ0) is 14.7. The van der Waals surface area contributed by atoms with Gasteiger partial charge < -0.3 is 4.90 Å². The lowest BCUT2D eigenvalue weighted by molar-refractivity contribution is -0.665. The van der Waals surface area contributed by atoms with Crippen LogP contribution in [0.15, 0.2) is 41.4 Å². The largest absolute Gasteiger partial charge is 0.369 e. The van der Waals surface area contributed by atoms with Crippen LogP contribution in [0.2, 0.25) is 0 Å². The number of rotatable bonds is 3. The quantitative estimate of drug-likeness (QED) is 0.786. The van der Waals surface area contributed by atoms with E-state index in [2.05, 4.69) is 65.9 Å². The van der Waals surface area contributed by atoms with Gasteiger partial charge in [0.25, 0.3) is 5.01 Å². The van der Waals surface area contributed by atoms with Crippen molar-refractivity contribution >= 4 is 39.4 Å². The number of allylic oxidation sites excluding steroid dienone is 2. The van der Waals surface area contributed by atoms with Gasteiger partial charge in [0.2, 0.25) is 5.52 Å². The monoisotopic (exact) mass is 317 g/mol. The summed E-state index contributed by atoms with van der Waals surface area (Å²) in [5.74, 6) is 1.24. The van der Waals surface area contributed by atoms with Crippen LogP contribution in [0, 0.1) is 0 Å². The van der Waals surface area contributed by atoms with Crippen LogP contribution in [-0.2, 0) is 6.54 Å². The summed E-state index contributed by atoms with van der Waals surface area (Å²) in [4.78, 5) is 2.34. The number of para-hydroxylation sites is 1. The van der Waals surface area contributed by atoms with Crippen LogP contribution in [0.1, 0.15) is 18.4 Å². The third-order valence-electron chi connectivity index (χ3n) is 3.69. The second-order valence-electron chi connectivity index (χ2n) is 5.14. The summed E-state index contributed by atoms with van der Waals surface area (Å²) in [5.41, 5.74) is 1.33. The Hall–Kier alpha value is -1.26. The van der Waals surface area contributed by atoms with Crippen LogP contribution in [0.25, 0.3) is 16.3 Å². The van der Waals surface area contributed by atoms with E-state index in [1.807, 2.05) is 23.1 Å². The molecule has 1 aliphatic rings. The third-order valence-corrected chi connectivity index (χ3v) is 6.06. The van der Waals surface area contributed by atoms with Crippen molar-refractivity contribution in [1.29, 1.82) is 0 Å². The molecule has 4 heteroatoms. The van der Waals surface area contributed by atoms with Gasteiger partial charge in [-0.2, -0.15) is 4.57 Å². The molecule has 0 unspecified atom stereocenters. The highest BCUT2D eigenvalue weighted by Gasteiger charge is 2.16. The van der Waals surface area contributed by atoms with Crippen molar-refractivity contribution in [2.24, 2.45) is 0 Å². The second-order valence-corrected chi connectivity index (χ2v) is 7.32.